The van der Waals surface area contributed by atoms with Crippen molar-refractivity contribution >= 4 is 44.9 Å². The van der Waals surface area contributed by atoms with E-state index in [-0.39, 0.29) is 5.91 Å². The molecule has 0 saturated heterocycles. The molecule has 1 fully saturated rings. The van der Waals surface area contributed by atoms with Gasteiger partial charge in [-0.1, -0.05) is 6.07 Å². The summed E-state index contributed by atoms with van der Waals surface area (Å²) in [4.78, 5) is 29.3. The van der Waals surface area contributed by atoms with E-state index < -0.39 is 0 Å². The summed E-state index contributed by atoms with van der Waals surface area (Å²) in [5.74, 6) is 2.20. The van der Waals surface area contributed by atoms with Gasteiger partial charge in [0.2, 0.25) is 0 Å². The SMILES string of the molecule is Cc1nc(C2CC2)nc2sc(C(=O)Nc3ccc(SCc4cccnc4)cc3)c(C)c12. The van der Waals surface area contributed by atoms with Gasteiger partial charge in [0.15, 0.2) is 0 Å². The van der Waals surface area contributed by atoms with Gasteiger partial charge >= 0.3 is 0 Å². The number of fused-ring (bicyclic) bond motifs is 1. The Morgan fingerprint density at radius 1 is 1.16 bits per heavy atom. The Kier molecular flexibility index (Phi) is 5.46. The van der Waals surface area contributed by atoms with Gasteiger partial charge in [-0.05, 0) is 68.1 Å². The van der Waals surface area contributed by atoms with E-state index in [1.165, 1.54) is 29.7 Å². The molecule has 3 aromatic heterocycles. The number of anilines is 1. The molecule has 4 aromatic rings. The molecule has 0 aliphatic heterocycles. The molecule has 1 amide bonds. The van der Waals surface area contributed by atoms with E-state index in [1.54, 1.807) is 18.0 Å². The van der Waals surface area contributed by atoms with Crippen LogP contribution in [0, 0.1) is 13.8 Å². The summed E-state index contributed by atoms with van der Waals surface area (Å²) >= 11 is 3.21. The van der Waals surface area contributed by atoms with Crippen LogP contribution in [0.25, 0.3) is 10.2 Å². The maximum Gasteiger partial charge on any atom is 0.266 e. The van der Waals surface area contributed by atoms with Crippen molar-refractivity contribution in [2.75, 3.05) is 5.32 Å². The first-order chi connectivity index (χ1) is 15.1. The van der Waals surface area contributed by atoms with E-state index in [0.717, 1.165) is 43.6 Å². The lowest BCUT2D eigenvalue weighted by Crippen LogP contribution is -2.11. The summed E-state index contributed by atoms with van der Waals surface area (Å²) in [6.07, 6.45) is 6.00. The number of rotatable bonds is 6. The molecule has 0 atom stereocenters. The van der Waals surface area contributed by atoms with Crippen molar-refractivity contribution in [1.29, 1.82) is 0 Å². The minimum absolute atomic E-state index is 0.0939. The van der Waals surface area contributed by atoms with Crippen LogP contribution in [0.2, 0.25) is 0 Å². The summed E-state index contributed by atoms with van der Waals surface area (Å²) in [5.41, 5.74) is 3.90. The van der Waals surface area contributed by atoms with Gasteiger partial charge in [-0.3, -0.25) is 9.78 Å². The van der Waals surface area contributed by atoms with Gasteiger partial charge in [0.1, 0.15) is 10.7 Å². The standard InChI is InChI=1S/C24H22N4OS2/c1-14-20-15(2)26-22(17-5-6-17)28-24(20)31-21(14)23(29)27-18-7-9-19(10-8-18)30-13-16-4-3-11-25-12-16/h3-4,7-12,17H,5-6,13H2,1-2H3,(H,27,29). The third-order valence-electron chi connectivity index (χ3n) is 5.38. The highest BCUT2D eigenvalue weighted by Gasteiger charge is 2.28. The minimum Gasteiger partial charge on any atom is -0.321 e. The number of carbonyl (C=O) groups excluding carboxylic acids is 1. The molecule has 1 aromatic carbocycles. The maximum atomic E-state index is 13.0. The van der Waals surface area contributed by atoms with Crippen LogP contribution < -0.4 is 5.32 Å². The molecule has 156 valence electrons. The number of carbonyl (C=O) groups is 1. The summed E-state index contributed by atoms with van der Waals surface area (Å²) in [6, 6.07) is 12.0. The van der Waals surface area contributed by atoms with Gasteiger partial charge in [0.25, 0.3) is 5.91 Å². The Hall–Kier alpha value is -2.77. The molecular formula is C24H22N4OS2. The minimum atomic E-state index is -0.0939. The molecule has 1 aliphatic carbocycles. The summed E-state index contributed by atoms with van der Waals surface area (Å²) in [5, 5.41) is 4.05. The van der Waals surface area contributed by atoms with Gasteiger partial charge in [0.05, 0.1) is 10.6 Å². The zero-order chi connectivity index (χ0) is 21.4. The second-order valence-corrected chi connectivity index (χ2v) is 9.85. The second kappa shape index (κ2) is 8.40. The average molecular weight is 447 g/mol. The van der Waals surface area contributed by atoms with Gasteiger partial charge in [-0.15, -0.1) is 23.1 Å². The van der Waals surface area contributed by atoms with Crippen LogP contribution in [-0.4, -0.2) is 20.9 Å². The number of thioether (sulfide) groups is 1. The van der Waals surface area contributed by atoms with E-state index in [9.17, 15) is 4.79 Å². The Morgan fingerprint density at radius 2 is 1.97 bits per heavy atom. The average Bonchev–Trinajstić information content (AvgIpc) is 3.57. The van der Waals surface area contributed by atoms with Crippen LogP contribution in [0.15, 0.2) is 53.7 Å². The van der Waals surface area contributed by atoms with E-state index >= 15 is 0 Å². The number of hydrogen-bond acceptors (Lipinski definition) is 6. The molecule has 0 unspecified atom stereocenters. The van der Waals surface area contributed by atoms with Gasteiger partial charge in [-0.2, -0.15) is 0 Å². The number of aromatic nitrogens is 3. The van der Waals surface area contributed by atoms with Crippen molar-refractivity contribution in [2.45, 2.75) is 43.3 Å². The summed E-state index contributed by atoms with van der Waals surface area (Å²) < 4.78 is 0. The second-order valence-electron chi connectivity index (χ2n) is 7.81. The lowest BCUT2D eigenvalue weighted by Gasteiger charge is -2.06. The molecular weight excluding hydrogens is 424 g/mol. The van der Waals surface area contributed by atoms with Crippen LogP contribution in [-0.2, 0) is 5.75 Å². The fraction of sp³-hybridized carbons (Fsp3) is 0.250. The van der Waals surface area contributed by atoms with Crippen molar-refractivity contribution < 1.29 is 4.79 Å². The molecule has 5 nitrogen and oxygen atoms in total. The highest BCUT2D eigenvalue weighted by molar-refractivity contribution is 7.98. The lowest BCUT2D eigenvalue weighted by molar-refractivity contribution is 0.103. The predicted octanol–water partition coefficient (Wildman–Crippen LogP) is 6.13. The topological polar surface area (TPSA) is 67.8 Å². The van der Waals surface area contributed by atoms with E-state index in [1.807, 2.05) is 50.4 Å². The molecule has 31 heavy (non-hydrogen) atoms. The Labute approximate surface area is 189 Å². The number of nitrogens with zero attached hydrogens (tertiary/aromatic N) is 3. The summed E-state index contributed by atoms with van der Waals surface area (Å²) in [6.45, 7) is 4.00. The van der Waals surface area contributed by atoms with Gasteiger partial charge in [0, 0.05) is 40.0 Å². The third-order valence-corrected chi connectivity index (χ3v) is 7.65. The van der Waals surface area contributed by atoms with Crippen molar-refractivity contribution in [2.24, 2.45) is 0 Å². The number of aryl methyl sites for hydroxylation is 2. The molecule has 7 heteroatoms. The van der Waals surface area contributed by atoms with Crippen LogP contribution in [0.1, 0.15) is 51.1 Å². The van der Waals surface area contributed by atoms with Gasteiger partial charge in [-0.25, -0.2) is 9.97 Å². The number of hydrogen-bond donors (Lipinski definition) is 1. The van der Waals surface area contributed by atoms with Crippen LogP contribution in [0.5, 0.6) is 0 Å². The molecule has 0 spiro atoms. The Morgan fingerprint density at radius 3 is 2.68 bits per heavy atom. The van der Waals surface area contributed by atoms with Gasteiger partial charge < -0.3 is 5.32 Å². The fourth-order valence-electron chi connectivity index (χ4n) is 3.57. The van der Waals surface area contributed by atoms with Crippen molar-refractivity contribution in [3.8, 4) is 0 Å². The van der Waals surface area contributed by atoms with Crippen molar-refractivity contribution in [3.05, 3.63) is 76.3 Å². The largest absolute Gasteiger partial charge is 0.321 e. The smallest absolute Gasteiger partial charge is 0.266 e. The van der Waals surface area contributed by atoms with E-state index in [4.69, 9.17) is 4.98 Å². The Bertz CT molecular complexity index is 1250. The zero-order valence-corrected chi connectivity index (χ0v) is 19.0. The Balaban J connectivity index is 1.30. The van der Waals surface area contributed by atoms with Crippen LogP contribution in [0.3, 0.4) is 0 Å². The molecule has 0 bridgehead atoms. The molecule has 1 N–H and O–H groups in total. The highest BCUT2D eigenvalue weighted by Crippen LogP contribution is 2.40. The molecule has 5 rings (SSSR count). The predicted molar refractivity (Wildman–Crippen MR) is 127 cm³/mol. The fourth-order valence-corrected chi connectivity index (χ4v) is 5.54. The first kappa shape index (κ1) is 20.2. The number of pyridine rings is 1. The van der Waals surface area contributed by atoms with Crippen molar-refractivity contribution in [1.82, 2.24) is 15.0 Å². The molecule has 1 saturated carbocycles. The van der Waals surface area contributed by atoms with E-state index in [0.29, 0.717) is 10.8 Å². The quantitative estimate of drug-likeness (QED) is 0.361. The first-order valence-corrected chi connectivity index (χ1v) is 12.1. The normalized spacial score (nSPS) is 13.5. The van der Waals surface area contributed by atoms with Crippen LogP contribution in [0.4, 0.5) is 5.69 Å². The van der Waals surface area contributed by atoms with Crippen molar-refractivity contribution in [3.63, 3.8) is 0 Å². The summed E-state index contributed by atoms with van der Waals surface area (Å²) in [7, 11) is 0. The molecule has 3 heterocycles. The number of amides is 1. The molecule has 1 aliphatic rings. The monoisotopic (exact) mass is 446 g/mol. The first-order valence-electron chi connectivity index (χ1n) is 10.3. The molecule has 0 radical (unpaired) electrons. The number of nitrogens with one attached hydrogen (secondary N) is 1. The number of benzene rings is 1. The third kappa shape index (κ3) is 4.34. The van der Waals surface area contributed by atoms with E-state index in [2.05, 4.69) is 21.4 Å². The number of thiophene rings is 1. The maximum absolute atomic E-state index is 13.0. The zero-order valence-electron chi connectivity index (χ0n) is 17.4. The highest BCUT2D eigenvalue weighted by atomic mass is 32.2. The lowest BCUT2D eigenvalue weighted by atomic mass is 10.1. The van der Waals surface area contributed by atoms with Crippen LogP contribution >= 0.6 is 23.1 Å².